The van der Waals surface area contributed by atoms with Gasteiger partial charge in [0.1, 0.15) is 5.76 Å². The normalized spacial score (nSPS) is 16.2. The third kappa shape index (κ3) is 3.76. The van der Waals surface area contributed by atoms with Gasteiger partial charge in [-0.1, -0.05) is 0 Å². The van der Waals surface area contributed by atoms with Crippen molar-refractivity contribution in [3.05, 3.63) is 47.7 Å². The number of carbonyl (C=O) groups excluding carboxylic acids is 1. The van der Waals surface area contributed by atoms with Crippen molar-refractivity contribution in [2.45, 2.75) is 26.9 Å². The van der Waals surface area contributed by atoms with E-state index in [1.807, 2.05) is 27.9 Å². The number of piperazine rings is 1. The average molecular weight is 328 g/mol. The molecule has 0 aromatic carbocycles. The summed E-state index contributed by atoms with van der Waals surface area (Å²) in [5, 5.41) is 4.40. The van der Waals surface area contributed by atoms with Gasteiger partial charge in [-0.2, -0.15) is 5.10 Å². The molecule has 6 heteroatoms. The fourth-order valence-electron chi connectivity index (χ4n) is 2.97. The molecule has 1 aliphatic rings. The van der Waals surface area contributed by atoms with Crippen LogP contribution >= 0.6 is 0 Å². The van der Waals surface area contributed by atoms with Crippen molar-refractivity contribution in [2.24, 2.45) is 0 Å². The molecule has 2 aromatic rings. The second kappa shape index (κ2) is 7.49. The van der Waals surface area contributed by atoms with Crippen LogP contribution in [-0.4, -0.2) is 51.7 Å². The Morgan fingerprint density at radius 2 is 2.12 bits per heavy atom. The number of nitrogens with zero attached hydrogens (tertiary/aromatic N) is 4. The molecule has 3 heterocycles. The molecule has 128 valence electrons. The predicted octanol–water partition coefficient (Wildman–Crippen LogP) is 2.16. The molecule has 1 aliphatic heterocycles. The molecule has 1 fully saturated rings. The quantitative estimate of drug-likeness (QED) is 0.789. The SMILES string of the molecule is CCn1ncc(CN2CCN(C(=O)/C=C/c3ccco3)CC2)c1C. The lowest BCUT2D eigenvalue weighted by Gasteiger charge is -2.34. The highest BCUT2D eigenvalue weighted by Crippen LogP contribution is 2.13. The number of aromatic nitrogens is 2. The molecule has 0 spiro atoms. The zero-order chi connectivity index (χ0) is 16.9. The smallest absolute Gasteiger partial charge is 0.246 e. The molecule has 0 aliphatic carbocycles. The van der Waals surface area contributed by atoms with Crippen LogP contribution in [0, 0.1) is 6.92 Å². The summed E-state index contributed by atoms with van der Waals surface area (Å²) in [6.07, 6.45) is 6.87. The van der Waals surface area contributed by atoms with E-state index < -0.39 is 0 Å². The van der Waals surface area contributed by atoms with E-state index in [2.05, 4.69) is 23.8 Å². The molecular formula is C18H24N4O2. The van der Waals surface area contributed by atoms with Gasteiger partial charge in [0.05, 0.1) is 12.5 Å². The van der Waals surface area contributed by atoms with Crippen LogP contribution in [0.3, 0.4) is 0 Å². The van der Waals surface area contributed by atoms with Gasteiger partial charge in [-0.15, -0.1) is 0 Å². The van der Waals surface area contributed by atoms with Crippen LogP contribution in [0.2, 0.25) is 0 Å². The standard InChI is InChI=1S/C18H24N4O2/c1-3-22-15(2)16(13-19-22)14-20-8-10-21(11-9-20)18(23)7-6-17-5-4-12-24-17/h4-7,12-13H,3,8-11,14H2,1-2H3/b7-6+. The Bertz CT molecular complexity index is 695. The molecule has 0 bridgehead atoms. The van der Waals surface area contributed by atoms with E-state index in [0.29, 0.717) is 5.76 Å². The summed E-state index contributed by atoms with van der Waals surface area (Å²) in [6.45, 7) is 9.29. The van der Waals surface area contributed by atoms with Crippen LogP contribution < -0.4 is 0 Å². The lowest BCUT2D eigenvalue weighted by Crippen LogP contribution is -2.47. The number of hydrogen-bond donors (Lipinski definition) is 0. The maximum Gasteiger partial charge on any atom is 0.246 e. The molecule has 3 rings (SSSR count). The highest BCUT2D eigenvalue weighted by atomic mass is 16.3. The first-order valence-electron chi connectivity index (χ1n) is 8.41. The van der Waals surface area contributed by atoms with Crippen LogP contribution in [0.25, 0.3) is 6.08 Å². The summed E-state index contributed by atoms with van der Waals surface area (Å²) in [4.78, 5) is 16.5. The van der Waals surface area contributed by atoms with Crippen LogP contribution in [0.5, 0.6) is 0 Å². The average Bonchev–Trinajstić information content (AvgIpc) is 3.24. The summed E-state index contributed by atoms with van der Waals surface area (Å²) in [7, 11) is 0. The number of rotatable bonds is 5. The highest BCUT2D eigenvalue weighted by Gasteiger charge is 2.20. The molecule has 0 unspecified atom stereocenters. The van der Waals surface area contributed by atoms with Crippen molar-refractivity contribution in [1.29, 1.82) is 0 Å². The maximum atomic E-state index is 12.2. The largest absolute Gasteiger partial charge is 0.465 e. The minimum atomic E-state index is 0.0426. The zero-order valence-corrected chi connectivity index (χ0v) is 14.3. The fraction of sp³-hybridized carbons (Fsp3) is 0.444. The van der Waals surface area contributed by atoms with Crippen molar-refractivity contribution >= 4 is 12.0 Å². The Labute approximate surface area is 142 Å². The molecule has 1 amide bonds. The first-order valence-corrected chi connectivity index (χ1v) is 8.41. The Balaban J connectivity index is 1.50. The van der Waals surface area contributed by atoms with Gasteiger partial charge in [0.2, 0.25) is 5.91 Å². The molecule has 0 N–H and O–H groups in total. The third-order valence-corrected chi connectivity index (χ3v) is 4.52. The Morgan fingerprint density at radius 1 is 1.33 bits per heavy atom. The summed E-state index contributed by atoms with van der Waals surface area (Å²) in [5.41, 5.74) is 2.51. The molecule has 24 heavy (non-hydrogen) atoms. The molecule has 0 radical (unpaired) electrons. The third-order valence-electron chi connectivity index (χ3n) is 4.52. The zero-order valence-electron chi connectivity index (χ0n) is 14.3. The van der Waals surface area contributed by atoms with Crippen LogP contribution in [-0.2, 0) is 17.9 Å². The Morgan fingerprint density at radius 3 is 2.75 bits per heavy atom. The summed E-state index contributed by atoms with van der Waals surface area (Å²) in [5.74, 6) is 0.742. The minimum Gasteiger partial charge on any atom is -0.465 e. The topological polar surface area (TPSA) is 54.5 Å². The summed E-state index contributed by atoms with van der Waals surface area (Å²) >= 11 is 0. The van der Waals surface area contributed by atoms with Gasteiger partial charge in [0.25, 0.3) is 0 Å². The Kier molecular flexibility index (Phi) is 5.15. The number of furan rings is 1. The van der Waals surface area contributed by atoms with Crippen LogP contribution in [0.15, 0.2) is 35.1 Å². The van der Waals surface area contributed by atoms with Gasteiger partial charge in [-0.3, -0.25) is 14.4 Å². The fourth-order valence-corrected chi connectivity index (χ4v) is 2.97. The molecule has 1 saturated heterocycles. The first kappa shape index (κ1) is 16.5. The number of amides is 1. The Hall–Kier alpha value is -2.34. The molecule has 2 aromatic heterocycles. The van der Waals surface area contributed by atoms with Crippen LogP contribution in [0.1, 0.15) is 23.9 Å². The molecule has 0 saturated carbocycles. The van der Waals surface area contributed by atoms with Crippen molar-refractivity contribution in [1.82, 2.24) is 19.6 Å². The maximum absolute atomic E-state index is 12.2. The van der Waals surface area contributed by atoms with Gasteiger partial charge in [0.15, 0.2) is 0 Å². The lowest BCUT2D eigenvalue weighted by atomic mass is 10.2. The van der Waals surface area contributed by atoms with E-state index >= 15 is 0 Å². The van der Waals surface area contributed by atoms with Gasteiger partial charge in [-0.05, 0) is 32.1 Å². The number of aryl methyl sites for hydroxylation is 1. The molecular weight excluding hydrogens is 304 g/mol. The van der Waals surface area contributed by atoms with E-state index in [-0.39, 0.29) is 5.91 Å². The van der Waals surface area contributed by atoms with Gasteiger partial charge >= 0.3 is 0 Å². The lowest BCUT2D eigenvalue weighted by molar-refractivity contribution is -0.127. The van der Waals surface area contributed by atoms with Crippen molar-refractivity contribution in [3.63, 3.8) is 0 Å². The van der Waals surface area contributed by atoms with E-state index in [0.717, 1.165) is 39.3 Å². The predicted molar refractivity (Wildman–Crippen MR) is 92.2 cm³/mol. The van der Waals surface area contributed by atoms with E-state index in [9.17, 15) is 4.79 Å². The minimum absolute atomic E-state index is 0.0426. The van der Waals surface area contributed by atoms with Crippen molar-refractivity contribution < 1.29 is 9.21 Å². The number of hydrogen-bond acceptors (Lipinski definition) is 4. The van der Waals surface area contributed by atoms with Gasteiger partial charge in [0, 0.05) is 56.6 Å². The van der Waals surface area contributed by atoms with Crippen LogP contribution in [0.4, 0.5) is 0 Å². The van der Waals surface area contributed by atoms with Gasteiger partial charge < -0.3 is 9.32 Å². The monoisotopic (exact) mass is 328 g/mol. The van der Waals surface area contributed by atoms with Gasteiger partial charge in [-0.25, -0.2) is 0 Å². The van der Waals surface area contributed by atoms with Crippen molar-refractivity contribution in [2.75, 3.05) is 26.2 Å². The highest BCUT2D eigenvalue weighted by molar-refractivity contribution is 5.91. The molecule has 0 atom stereocenters. The summed E-state index contributed by atoms with van der Waals surface area (Å²) < 4.78 is 7.23. The number of carbonyl (C=O) groups is 1. The van der Waals surface area contributed by atoms with Crippen molar-refractivity contribution in [3.8, 4) is 0 Å². The summed E-state index contributed by atoms with van der Waals surface area (Å²) in [6, 6.07) is 3.64. The van der Waals surface area contributed by atoms with E-state index in [1.54, 1.807) is 18.4 Å². The molecule has 6 nitrogen and oxygen atoms in total. The van der Waals surface area contributed by atoms with E-state index in [4.69, 9.17) is 4.42 Å². The second-order valence-electron chi connectivity index (χ2n) is 6.02. The van der Waals surface area contributed by atoms with E-state index in [1.165, 1.54) is 11.3 Å². The first-order chi connectivity index (χ1) is 11.7. The second-order valence-corrected chi connectivity index (χ2v) is 6.02.